The topological polar surface area (TPSA) is 154 Å². The fourth-order valence-corrected chi connectivity index (χ4v) is 3.09. The van der Waals surface area contributed by atoms with Crippen LogP contribution >= 0.6 is 0 Å². The van der Waals surface area contributed by atoms with Gasteiger partial charge in [-0.3, -0.25) is 14.5 Å². The first-order valence-electron chi connectivity index (χ1n) is 7.79. The van der Waals surface area contributed by atoms with Gasteiger partial charge in [-0.25, -0.2) is 4.79 Å². The molecule has 2 aliphatic heterocycles. The highest BCUT2D eigenvalue weighted by molar-refractivity contribution is 6.21. The predicted octanol–water partition coefficient (Wildman–Crippen LogP) is -1.81. The van der Waals surface area contributed by atoms with E-state index in [1.54, 1.807) is 12.1 Å². The summed E-state index contributed by atoms with van der Waals surface area (Å²) in [5.74, 6) is -2.67. The summed E-state index contributed by atoms with van der Waals surface area (Å²) in [6.45, 7) is -1.06. The summed E-state index contributed by atoms with van der Waals surface area (Å²) in [7, 11) is 0. The van der Waals surface area contributed by atoms with Crippen molar-refractivity contribution in [3.05, 3.63) is 35.4 Å². The van der Waals surface area contributed by atoms with Crippen molar-refractivity contribution in [3.63, 3.8) is 0 Å². The Morgan fingerprint density at radius 2 is 1.65 bits per heavy atom. The quantitative estimate of drug-likeness (QED) is 0.441. The van der Waals surface area contributed by atoms with Crippen molar-refractivity contribution >= 4 is 17.8 Å². The number of carboxylic acids is 1. The van der Waals surface area contributed by atoms with Crippen molar-refractivity contribution in [3.8, 4) is 0 Å². The second kappa shape index (κ2) is 7.09. The van der Waals surface area contributed by atoms with Crippen LogP contribution < -0.4 is 0 Å². The molecule has 0 saturated carbocycles. The fraction of sp³-hybridized carbons (Fsp3) is 0.438. The van der Waals surface area contributed by atoms with Gasteiger partial charge in [-0.05, 0) is 12.1 Å². The zero-order valence-corrected chi connectivity index (χ0v) is 13.4. The van der Waals surface area contributed by atoms with Crippen molar-refractivity contribution in [2.75, 3.05) is 13.2 Å². The Morgan fingerprint density at radius 1 is 1.08 bits per heavy atom. The molecule has 140 valence electrons. The number of benzene rings is 1. The fourth-order valence-electron chi connectivity index (χ4n) is 3.09. The molecule has 1 fully saturated rings. The van der Waals surface area contributed by atoms with Crippen LogP contribution in [-0.4, -0.2) is 87.0 Å². The van der Waals surface area contributed by atoms with E-state index in [1.807, 2.05) is 0 Å². The lowest BCUT2D eigenvalue weighted by atomic mass is 9.96. The van der Waals surface area contributed by atoms with E-state index in [0.717, 1.165) is 0 Å². The van der Waals surface area contributed by atoms with Gasteiger partial charge in [0.25, 0.3) is 11.8 Å². The minimum Gasteiger partial charge on any atom is -0.480 e. The molecule has 0 aliphatic carbocycles. The Kier molecular flexibility index (Phi) is 5.03. The molecule has 1 aromatic rings. The number of carbonyl (C=O) groups excluding carboxylic acids is 2. The molecule has 0 unspecified atom stereocenters. The van der Waals surface area contributed by atoms with Crippen LogP contribution in [0.1, 0.15) is 20.7 Å². The maximum absolute atomic E-state index is 12.5. The molecular weight excluding hydrogens is 350 g/mol. The third-order valence-electron chi connectivity index (χ3n) is 4.32. The van der Waals surface area contributed by atoms with Gasteiger partial charge < -0.3 is 29.9 Å². The molecule has 0 spiro atoms. The first-order valence-corrected chi connectivity index (χ1v) is 7.79. The summed E-state index contributed by atoms with van der Waals surface area (Å²) in [6, 6.07) is 4.51. The second-order valence-electron chi connectivity index (χ2n) is 5.97. The van der Waals surface area contributed by atoms with Crippen LogP contribution in [-0.2, 0) is 14.3 Å². The van der Waals surface area contributed by atoms with E-state index in [2.05, 4.69) is 0 Å². The second-order valence-corrected chi connectivity index (χ2v) is 5.97. The number of carboxylic acid groups (broad SMARTS) is 1. The van der Waals surface area contributed by atoms with E-state index in [9.17, 15) is 29.7 Å². The first-order chi connectivity index (χ1) is 12.3. The number of fused-ring (bicyclic) bond motifs is 1. The van der Waals surface area contributed by atoms with E-state index in [0.29, 0.717) is 4.90 Å². The maximum Gasteiger partial charge on any atom is 0.329 e. The summed E-state index contributed by atoms with van der Waals surface area (Å²) in [5, 5.41) is 39.3. The van der Waals surface area contributed by atoms with E-state index in [4.69, 9.17) is 14.6 Å². The number of ether oxygens (including phenoxy) is 2. The first kappa shape index (κ1) is 18.4. The molecule has 5 atom stereocenters. The highest BCUT2D eigenvalue weighted by Gasteiger charge is 2.52. The van der Waals surface area contributed by atoms with Gasteiger partial charge in [0, 0.05) is 0 Å². The molecule has 4 N–H and O–H groups in total. The number of aliphatic carboxylic acids is 1. The van der Waals surface area contributed by atoms with Crippen LogP contribution in [0.3, 0.4) is 0 Å². The van der Waals surface area contributed by atoms with E-state index in [-0.39, 0.29) is 11.1 Å². The zero-order valence-electron chi connectivity index (χ0n) is 13.4. The largest absolute Gasteiger partial charge is 0.480 e. The minimum atomic E-state index is -1.78. The smallest absolute Gasteiger partial charge is 0.329 e. The molecule has 3 rings (SSSR count). The van der Waals surface area contributed by atoms with Gasteiger partial charge in [-0.15, -0.1) is 0 Å². The van der Waals surface area contributed by atoms with Crippen LogP contribution in [0.5, 0.6) is 0 Å². The zero-order chi connectivity index (χ0) is 19.0. The van der Waals surface area contributed by atoms with Gasteiger partial charge in [-0.1, -0.05) is 12.1 Å². The number of carbonyl (C=O) groups is 3. The summed E-state index contributed by atoms with van der Waals surface area (Å²) in [4.78, 5) is 36.1. The van der Waals surface area contributed by atoms with Crippen molar-refractivity contribution in [1.29, 1.82) is 0 Å². The lowest BCUT2D eigenvalue weighted by Crippen LogP contribution is -2.65. The number of aliphatic hydroxyl groups excluding tert-OH is 3. The number of imide groups is 1. The number of aliphatic hydroxyl groups is 3. The third kappa shape index (κ3) is 3.08. The summed E-state index contributed by atoms with van der Waals surface area (Å²) in [5.41, 5.74) is 0.247. The van der Waals surface area contributed by atoms with Gasteiger partial charge in [0.1, 0.15) is 31.0 Å². The lowest BCUT2D eigenvalue weighted by molar-refractivity contribution is -0.266. The maximum atomic E-state index is 12.5. The van der Waals surface area contributed by atoms with Gasteiger partial charge in [-0.2, -0.15) is 0 Å². The van der Waals surface area contributed by atoms with Crippen LogP contribution in [0.25, 0.3) is 0 Å². The molecule has 10 heteroatoms. The molecule has 0 aromatic heterocycles. The number of amides is 2. The van der Waals surface area contributed by atoms with Crippen molar-refractivity contribution in [2.24, 2.45) is 0 Å². The third-order valence-corrected chi connectivity index (χ3v) is 4.32. The van der Waals surface area contributed by atoms with Gasteiger partial charge in [0.15, 0.2) is 6.29 Å². The molecule has 2 aliphatic rings. The number of nitrogens with zero attached hydrogens (tertiary/aromatic N) is 1. The number of hydrogen-bond acceptors (Lipinski definition) is 8. The Morgan fingerprint density at radius 3 is 2.19 bits per heavy atom. The molecule has 26 heavy (non-hydrogen) atoms. The molecule has 10 nitrogen and oxygen atoms in total. The van der Waals surface area contributed by atoms with Crippen molar-refractivity contribution < 1.29 is 44.3 Å². The van der Waals surface area contributed by atoms with Crippen LogP contribution in [0.2, 0.25) is 0 Å². The Bertz CT molecular complexity index is 701. The monoisotopic (exact) mass is 367 g/mol. The summed E-state index contributed by atoms with van der Waals surface area (Å²) >= 11 is 0. The minimum absolute atomic E-state index is 0.123. The molecule has 1 aromatic carbocycles. The molecule has 2 amide bonds. The van der Waals surface area contributed by atoms with Crippen molar-refractivity contribution in [2.45, 2.75) is 30.6 Å². The average molecular weight is 367 g/mol. The Hall–Kier alpha value is -2.37. The SMILES string of the molecule is O=C(O)COC[C@H]1O[C@@H](O)[C@H](N2C(=O)c3ccccc3C2=O)[C@@H](O)[C@@H]1O. The highest BCUT2D eigenvalue weighted by atomic mass is 16.6. The molecule has 0 radical (unpaired) electrons. The molecule has 0 bridgehead atoms. The normalized spacial score (nSPS) is 31.2. The van der Waals surface area contributed by atoms with Crippen LogP contribution in [0.15, 0.2) is 24.3 Å². The Labute approximate surface area is 147 Å². The van der Waals surface area contributed by atoms with E-state index >= 15 is 0 Å². The number of rotatable bonds is 5. The number of hydrogen-bond donors (Lipinski definition) is 4. The van der Waals surface area contributed by atoms with Crippen molar-refractivity contribution in [1.82, 2.24) is 4.90 Å². The average Bonchev–Trinajstić information content (AvgIpc) is 2.85. The molecule has 2 heterocycles. The van der Waals surface area contributed by atoms with E-state index < -0.39 is 61.6 Å². The highest BCUT2D eigenvalue weighted by Crippen LogP contribution is 2.31. The van der Waals surface area contributed by atoms with E-state index in [1.165, 1.54) is 12.1 Å². The van der Waals surface area contributed by atoms with Crippen LogP contribution in [0, 0.1) is 0 Å². The lowest BCUT2D eigenvalue weighted by Gasteiger charge is -2.43. The Balaban J connectivity index is 1.77. The van der Waals surface area contributed by atoms with Gasteiger partial charge >= 0.3 is 5.97 Å². The van der Waals surface area contributed by atoms with Gasteiger partial charge in [0.05, 0.1) is 17.7 Å². The molecular formula is C16H17NO9. The predicted molar refractivity (Wildman–Crippen MR) is 82.1 cm³/mol. The van der Waals surface area contributed by atoms with Gasteiger partial charge in [0.2, 0.25) is 0 Å². The standard InChI is InChI=1S/C16H17NO9/c18-10(19)6-25-5-9-12(20)13(21)11(16(24)26-9)17-14(22)7-3-1-2-4-8(7)15(17)23/h1-4,9,11-13,16,20-21,24H,5-6H2,(H,18,19)/t9-,11-,12-,13-,16-/m1/s1. The molecule has 1 saturated heterocycles. The summed E-state index contributed by atoms with van der Waals surface area (Å²) in [6.07, 6.45) is -6.33. The van der Waals surface area contributed by atoms with Crippen LogP contribution in [0.4, 0.5) is 0 Å². The summed E-state index contributed by atoms with van der Waals surface area (Å²) < 4.78 is 9.95.